The summed E-state index contributed by atoms with van der Waals surface area (Å²) in [6.07, 6.45) is 7.49. The molecule has 1 N–H and O–H groups in total. The molecule has 168 valence electrons. The molecule has 1 fully saturated rings. The number of likely N-dealkylation sites (tertiary alicyclic amines) is 1. The van der Waals surface area contributed by atoms with Gasteiger partial charge in [0, 0.05) is 19.2 Å². The van der Waals surface area contributed by atoms with Crippen LogP contribution in [0.25, 0.3) is 0 Å². The number of piperidine rings is 1. The largest absolute Gasteiger partial charge is 0.379 e. The molecule has 28 heavy (non-hydrogen) atoms. The van der Waals surface area contributed by atoms with Crippen LogP contribution in [0.2, 0.25) is 0 Å². The maximum Gasteiger partial charge on any atom is 0.0701 e. The summed E-state index contributed by atoms with van der Waals surface area (Å²) in [5, 5.41) is 3.36. The van der Waals surface area contributed by atoms with E-state index in [1.807, 2.05) is 0 Å². The Bertz CT molecular complexity index is 326. The summed E-state index contributed by atoms with van der Waals surface area (Å²) in [4.78, 5) is 2.48. The highest BCUT2D eigenvalue weighted by molar-refractivity contribution is 4.75. The molecule has 1 atom stereocenters. The van der Waals surface area contributed by atoms with Gasteiger partial charge in [-0.15, -0.1) is 0 Å². The highest BCUT2D eigenvalue weighted by atomic mass is 16.6. The van der Waals surface area contributed by atoms with Gasteiger partial charge in [0.2, 0.25) is 0 Å². The first kappa shape index (κ1) is 25.8. The minimum absolute atomic E-state index is 0.620. The summed E-state index contributed by atoms with van der Waals surface area (Å²) in [5.74, 6) is 0.821. The van der Waals surface area contributed by atoms with Gasteiger partial charge >= 0.3 is 0 Å². The monoisotopic (exact) mass is 402 g/mol. The minimum Gasteiger partial charge on any atom is -0.379 e. The minimum atomic E-state index is 0.620. The number of nitrogens with one attached hydrogen (secondary N) is 1. The van der Waals surface area contributed by atoms with Crippen LogP contribution < -0.4 is 5.32 Å². The third-order valence-corrected chi connectivity index (χ3v) is 5.43. The van der Waals surface area contributed by atoms with Crippen LogP contribution in [0.5, 0.6) is 0 Å². The molecular weight excluding hydrogens is 356 g/mol. The topological polar surface area (TPSA) is 52.2 Å². The van der Waals surface area contributed by atoms with Gasteiger partial charge < -0.3 is 29.2 Å². The zero-order valence-electron chi connectivity index (χ0n) is 18.8. The lowest BCUT2D eigenvalue weighted by atomic mass is 10.0. The normalized spacial score (nSPS) is 17.2. The van der Waals surface area contributed by atoms with Crippen molar-refractivity contribution in [3.63, 3.8) is 0 Å². The fourth-order valence-corrected chi connectivity index (χ4v) is 3.57. The quantitative estimate of drug-likeness (QED) is 0.335. The summed E-state index contributed by atoms with van der Waals surface area (Å²) in [6, 6.07) is 0.693. The standard InChI is InChI=1S/C22H46N2O4/c1-4-6-21(2)7-5-13-25-15-17-27-19-20-28-18-16-26-14-12-24-10-8-22(23-3)9-11-24/h21-23H,4-20H2,1-3H3. The van der Waals surface area contributed by atoms with Crippen LogP contribution in [0.15, 0.2) is 0 Å². The first-order chi connectivity index (χ1) is 13.8. The molecule has 1 rings (SSSR count). The average Bonchev–Trinajstić information content (AvgIpc) is 2.71. The van der Waals surface area contributed by atoms with E-state index in [2.05, 4.69) is 31.1 Å². The molecule has 0 aromatic heterocycles. The van der Waals surface area contributed by atoms with E-state index in [-0.39, 0.29) is 0 Å². The van der Waals surface area contributed by atoms with Crippen molar-refractivity contribution in [1.29, 1.82) is 0 Å². The molecule has 0 aromatic carbocycles. The van der Waals surface area contributed by atoms with E-state index >= 15 is 0 Å². The molecule has 0 amide bonds. The van der Waals surface area contributed by atoms with E-state index in [9.17, 15) is 0 Å². The first-order valence-corrected chi connectivity index (χ1v) is 11.5. The van der Waals surface area contributed by atoms with E-state index in [4.69, 9.17) is 18.9 Å². The van der Waals surface area contributed by atoms with Crippen LogP contribution in [0, 0.1) is 5.92 Å². The zero-order chi connectivity index (χ0) is 20.3. The van der Waals surface area contributed by atoms with Gasteiger partial charge in [-0.2, -0.15) is 0 Å². The van der Waals surface area contributed by atoms with Crippen molar-refractivity contribution in [2.24, 2.45) is 5.92 Å². The molecule has 1 aliphatic rings. The van der Waals surface area contributed by atoms with Gasteiger partial charge in [-0.05, 0) is 51.7 Å². The fourth-order valence-electron chi connectivity index (χ4n) is 3.57. The third-order valence-electron chi connectivity index (χ3n) is 5.43. The summed E-state index contributed by atoms with van der Waals surface area (Å²) in [7, 11) is 2.05. The summed E-state index contributed by atoms with van der Waals surface area (Å²) >= 11 is 0. The van der Waals surface area contributed by atoms with E-state index < -0.39 is 0 Å². The van der Waals surface area contributed by atoms with Crippen LogP contribution in [0.1, 0.15) is 52.4 Å². The molecule has 0 aliphatic carbocycles. The van der Waals surface area contributed by atoms with Crippen molar-refractivity contribution < 1.29 is 18.9 Å². The molecular formula is C22H46N2O4. The molecule has 1 unspecified atom stereocenters. The number of ether oxygens (including phenoxy) is 4. The molecule has 0 spiro atoms. The second kappa shape index (κ2) is 18.8. The van der Waals surface area contributed by atoms with Crippen molar-refractivity contribution >= 4 is 0 Å². The number of rotatable bonds is 19. The maximum absolute atomic E-state index is 5.66. The van der Waals surface area contributed by atoms with Gasteiger partial charge in [0.05, 0.1) is 46.2 Å². The van der Waals surface area contributed by atoms with Crippen LogP contribution in [0.4, 0.5) is 0 Å². The number of hydrogen-bond acceptors (Lipinski definition) is 6. The Hall–Kier alpha value is -0.240. The average molecular weight is 403 g/mol. The van der Waals surface area contributed by atoms with E-state index in [1.54, 1.807) is 0 Å². The van der Waals surface area contributed by atoms with Crippen LogP contribution in [-0.4, -0.2) is 90.5 Å². The Balaban J connectivity index is 1.71. The highest BCUT2D eigenvalue weighted by Gasteiger charge is 2.16. The van der Waals surface area contributed by atoms with E-state index in [0.29, 0.717) is 45.7 Å². The molecule has 0 bridgehead atoms. The Labute approximate surface area is 173 Å². The van der Waals surface area contributed by atoms with Crippen molar-refractivity contribution in [2.45, 2.75) is 58.4 Å². The van der Waals surface area contributed by atoms with Gasteiger partial charge in [-0.1, -0.05) is 26.7 Å². The lowest BCUT2D eigenvalue weighted by Gasteiger charge is -2.31. The van der Waals surface area contributed by atoms with Gasteiger partial charge in [0.1, 0.15) is 0 Å². The molecule has 1 heterocycles. The second-order valence-electron chi connectivity index (χ2n) is 7.89. The van der Waals surface area contributed by atoms with Crippen LogP contribution >= 0.6 is 0 Å². The molecule has 1 saturated heterocycles. The lowest BCUT2D eigenvalue weighted by Crippen LogP contribution is -2.42. The van der Waals surface area contributed by atoms with Crippen molar-refractivity contribution in [2.75, 3.05) is 79.5 Å². The van der Waals surface area contributed by atoms with E-state index in [0.717, 1.165) is 32.1 Å². The van der Waals surface area contributed by atoms with Crippen molar-refractivity contribution in [3.8, 4) is 0 Å². The summed E-state index contributed by atoms with van der Waals surface area (Å²) in [6.45, 7) is 13.4. The Morgan fingerprint density at radius 3 is 1.89 bits per heavy atom. The number of hydrogen-bond donors (Lipinski definition) is 1. The van der Waals surface area contributed by atoms with Gasteiger partial charge in [0.15, 0.2) is 0 Å². The maximum atomic E-state index is 5.66. The third kappa shape index (κ3) is 14.7. The van der Waals surface area contributed by atoms with Crippen molar-refractivity contribution in [3.05, 3.63) is 0 Å². The predicted molar refractivity (Wildman–Crippen MR) is 115 cm³/mol. The van der Waals surface area contributed by atoms with Crippen LogP contribution in [-0.2, 0) is 18.9 Å². The molecule has 0 aromatic rings. The van der Waals surface area contributed by atoms with E-state index in [1.165, 1.54) is 45.2 Å². The SMILES string of the molecule is CCCC(C)CCCOCCOCCOCCOCCN1CCC(NC)CC1. The Kier molecular flexibility index (Phi) is 17.3. The summed E-state index contributed by atoms with van der Waals surface area (Å²) < 4.78 is 22.3. The summed E-state index contributed by atoms with van der Waals surface area (Å²) in [5.41, 5.74) is 0. The Morgan fingerprint density at radius 1 is 0.821 bits per heavy atom. The molecule has 6 nitrogen and oxygen atoms in total. The fraction of sp³-hybridized carbons (Fsp3) is 1.00. The molecule has 0 radical (unpaired) electrons. The van der Waals surface area contributed by atoms with Crippen molar-refractivity contribution in [1.82, 2.24) is 10.2 Å². The molecule has 1 aliphatic heterocycles. The molecule has 0 saturated carbocycles. The zero-order valence-corrected chi connectivity index (χ0v) is 18.8. The molecule has 6 heteroatoms. The van der Waals surface area contributed by atoms with Gasteiger partial charge in [-0.25, -0.2) is 0 Å². The second-order valence-corrected chi connectivity index (χ2v) is 7.89. The first-order valence-electron chi connectivity index (χ1n) is 11.5. The highest BCUT2D eigenvalue weighted by Crippen LogP contribution is 2.12. The van der Waals surface area contributed by atoms with Gasteiger partial charge in [-0.3, -0.25) is 0 Å². The smallest absolute Gasteiger partial charge is 0.0701 e. The predicted octanol–water partition coefficient (Wildman–Crippen LogP) is 2.95. The lowest BCUT2D eigenvalue weighted by molar-refractivity contribution is -0.00492. The van der Waals surface area contributed by atoms with Gasteiger partial charge in [0.25, 0.3) is 0 Å². The Morgan fingerprint density at radius 2 is 1.36 bits per heavy atom. The number of nitrogens with zero attached hydrogens (tertiary/aromatic N) is 1. The van der Waals surface area contributed by atoms with Crippen LogP contribution in [0.3, 0.4) is 0 Å².